The molecule has 21 heavy (non-hydrogen) atoms. The first-order valence-electron chi connectivity index (χ1n) is 7.84. The van der Waals surface area contributed by atoms with Crippen molar-refractivity contribution >= 4 is 21.4 Å². The number of sulfonamides is 1. The van der Waals surface area contributed by atoms with E-state index in [9.17, 15) is 8.42 Å². The SMILES string of the molecule is CCNCc1ccc(S(=O)(=O)NC2CCCCCC2C)s1. The fourth-order valence-electron chi connectivity index (χ4n) is 2.77. The van der Waals surface area contributed by atoms with Gasteiger partial charge in [-0.25, -0.2) is 13.1 Å². The maximum atomic E-state index is 12.5. The number of nitrogens with one attached hydrogen (secondary N) is 2. The molecule has 0 aromatic carbocycles. The van der Waals surface area contributed by atoms with E-state index in [0.717, 1.165) is 37.2 Å². The molecule has 120 valence electrons. The van der Waals surface area contributed by atoms with E-state index in [0.29, 0.717) is 10.1 Å². The zero-order valence-corrected chi connectivity index (χ0v) is 14.5. The lowest BCUT2D eigenvalue weighted by molar-refractivity contribution is 0.400. The lowest BCUT2D eigenvalue weighted by Crippen LogP contribution is -2.38. The van der Waals surface area contributed by atoms with Crippen LogP contribution >= 0.6 is 11.3 Å². The van der Waals surface area contributed by atoms with Crippen LogP contribution in [0, 0.1) is 5.92 Å². The molecule has 2 unspecified atom stereocenters. The van der Waals surface area contributed by atoms with Crippen LogP contribution in [0.2, 0.25) is 0 Å². The van der Waals surface area contributed by atoms with Gasteiger partial charge in [0.25, 0.3) is 0 Å². The molecule has 1 aromatic heterocycles. The van der Waals surface area contributed by atoms with Crippen LogP contribution in [0.25, 0.3) is 0 Å². The second-order valence-electron chi connectivity index (χ2n) is 5.84. The molecule has 4 nitrogen and oxygen atoms in total. The van der Waals surface area contributed by atoms with Gasteiger partial charge in [-0.1, -0.05) is 33.1 Å². The van der Waals surface area contributed by atoms with Crippen LogP contribution in [0.15, 0.2) is 16.3 Å². The highest BCUT2D eigenvalue weighted by molar-refractivity contribution is 7.91. The Bertz CT molecular complexity index is 540. The first kappa shape index (κ1) is 16.9. The van der Waals surface area contributed by atoms with Gasteiger partial charge in [0.1, 0.15) is 4.21 Å². The minimum Gasteiger partial charge on any atom is -0.312 e. The minimum absolute atomic E-state index is 0.0804. The van der Waals surface area contributed by atoms with E-state index in [1.165, 1.54) is 24.2 Å². The molecule has 2 N–H and O–H groups in total. The van der Waals surface area contributed by atoms with Crippen molar-refractivity contribution in [3.63, 3.8) is 0 Å². The van der Waals surface area contributed by atoms with Gasteiger partial charge in [0.15, 0.2) is 0 Å². The third-order valence-corrected chi connectivity index (χ3v) is 7.19. The fraction of sp³-hybridized carbons (Fsp3) is 0.733. The zero-order chi connectivity index (χ0) is 15.3. The molecule has 1 saturated carbocycles. The second-order valence-corrected chi connectivity index (χ2v) is 8.95. The highest BCUT2D eigenvalue weighted by atomic mass is 32.2. The summed E-state index contributed by atoms with van der Waals surface area (Å²) >= 11 is 1.36. The largest absolute Gasteiger partial charge is 0.312 e. The summed E-state index contributed by atoms with van der Waals surface area (Å²) in [4.78, 5) is 1.06. The Kier molecular flexibility index (Phi) is 6.22. The van der Waals surface area contributed by atoms with E-state index < -0.39 is 10.0 Å². The van der Waals surface area contributed by atoms with E-state index >= 15 is 0 Å². The van der Waals surface area contributed by atoms with E-state index in [1.807, 2.05) is 13.0 Å². The van der Waals surface area contributed by atoms with E-state index in [-0.39, 0.29) is 6.04 Å². The van der Waals surface area contributed by atoms with Gasteiger partial charge in [0.2, 0.25) is 10.0 Å². The summed E-state index contributed by atoms with van der Waals surface area (Å²) in [6, 6.07) is 3.70. The highest BCUT2D eigenvalue weighted by Gasteiger charge is 2.26. The van der Waals surface area contributed by atoms with Gasteiger partial charge in [-0.2, -0.15) is 0 Å². The average Bonchev–Trinajstić information content (AvgIpc) is 2.84. The molecule has 0 bridgehead atoms. The van der Waals surface area contributed by atoms with Crippen LogP contribution < -0.4 is 10.0 Å². The van der Waals surface area contributed by atoms with Gasteiger partial charge in [-0.05, 0) is 37.4 Å². The fourth-order valence-corrected chi connectivity index (χ4v) is 5.49. The van der Waals surface area contributed by atoms with E-state index in [1.54, 1.807) is 6.07 Å². The van der Waals surface area contributed by atoms with Crippen molar-refractivity contribution < 1.29 is 8.42 Å². The Balaban J connectivity index is 2.04. The summed E-state index contributed by atoms with van der Waals surface area (Å²) < 4.78 is 28.4. The summed E-state index contributed by atoms with van der Waals surface area (Å²) in [5.41, 5.74) is 0. The minimum atomic E-state index is -3.37. The molecule has 1 heterocycles. The van der Waals surface area contributed by atoms with Crippen LogP contribution in [-0.4, -0.2) is 21.0 Å². The Morgan fingerprint density at radius 1 is 1.24 bits per heavy atom. The Morgan fingerprint density at radius 3 is 2.76 bits per heavy atom. The summed E-state index contributed by atoms with van der Waals surface area (Å²) in [6.45, 7) is 5.82. The van der Waals surface area contributed by atoms with Gasteiger partial charge in [0.05, 0.1) is 0 Å². The van der Waals surface area contributed by atoms with Gasteiger partial charge < -0.3 is 5.32 Å². The molecule has 0 aliphatic heterocycles. The average molecular weight is 331 g/mol. The number of rotatable bonds is 6. The second kappa shape index (κ2) is 7.72. The van der Waals surface area contributed by atoms with Crippen molar-refractivity contribution in [3.8, 4) is 0 Å². The highest BCUT2D eigenvalue weighted by Crippen LogP contribution is 2.26. The lowest BCUT2D eigenvalue weighted by atomic mass is 9.98. The number of hydrogen-bond acceptors (Lipinski definition) is 4. The molecule has 1 aliphatic carbocycles. The summed E-state index contributed by atoms with van der Waals surface area (Å²) in [5, 5.41) is 3.22. The zero-order valence-electron chi connectivity index (χ0n) is 12.9. The third-order valence-electron chi connectivity index (χ3n) is 4.12. The van der Waals surface area contributed by atoms with Gasteiger partial charge in [-0.3, -0.25) is 0 Å². The summed E-state index contributed by atoms with van der Waals surface area (Å²) in [7, 11) is -3.37. The van der Waals surface area contributed by atoms with Gasteiger partial charge in [-0.15, -0.1) is 11.3 Å². The molecular weight excluding hydrogens is 304 g/mol. The lowest BCUT2D eigenvalue weighted by Gasteiger charge is -2.22. The predicted molar refractivity (Wildman–Crippen MR) is 88.1 cm³/mol. The van der Waals surface area contributed by atoms with Crippen molar-refractivity contribution in [1.29, 1.82) is 0 Å². The summed E-state index contributed by atoms with van der Waals surface area (Å²) in [6.07, 6.45) is 5.62. The molecule has 1 fully saturated rings. The van der Waals surface area contributed by atoms with Crippen molar-refractivity contribution in [2.45, 2.75) is 62.7 Å². The molecule has 1 aliphatic rings. The number of hydrogen-bond donors (Lipinski definition) is 2. The predicted octanol–water partition coefficient (Wildman–Crippen LogP) is 3.10. The molecule has 6 heteroatoms. The molecule has 0 radical (unpaired) electrons. The first-order valence-corrected chi connectivity index (χ1v) is 10.1. The molecule has 0 spiro atoms. The quantitative estimate of drug-likeness (QED) is 0.788. The molecule has 2 rings (SSSR count). The van der Waals surface area contributed by atoms with Crippen molar-refractivity contribution in [2.75, 3.05) is 6.54 Å². The van der Waals surface area contributed by atoms with Crippen LogP contribution in [0.1, 0.15) is 50.8 Å². The smallest absolute Gasteiger partial charge is 0.250 e. The third kappa shape index (κ3) is 4.77. The Morgan fingerprint density at radius 2 is 2.00 bits per heavy atom. The maximum absolute atomic E-state index is 12.5. The van der Waals surface area contributed by atoms with Crippen molar-refractivity contribution in [3.05, 3.63) is 17.0 Å². The van der Waals surface area contributed by atoms with Crippen LogP contribution in [0.5, 0.6) is 0 Å². The Labute approximate surface area is 132 Å². The summed E-state index contributed by atoms with van der Waals surface area (Å²) in [5.74, 6) is 0.420. The standard InChI is InChI=1S/C15H26N2O2S2/c1-3-16-11-13-9-10-15(20-13)21(18,19)17-14-8-6-4-5-7-12(14)2/h9-10,12,14,16-17H,3-8,11H2,1-2H3. The van der Waals surface area contributed by atoms with Crippen molar-refractivity contribution in [1.82, 2.24) is 10.0 Å². The van der Waals surface area contributed by atoms with E-state index in [2.05, 4.69) is 17.0 Å². The number of thiophene rings is 1. The molecule has 2 atom stereocenters. The molecule has 0 amide bonds. The van der Waals surface area contributed by atoms with Crippen LogP contribution in [-0.2, 0) is 16.6 Å². The molecule has 0 saturated heterocycles. The van der Waals surface area contributed by atoms with Crippen LogP contribution in [0.3, 0.4) is 0 Å². The van der Waals surface area contributed by atoms with Crippen molar-refractivity contribution in [2.24, 2.45) is 5.92 Å². The van der Waals surface area contributed by atoms with E-state index in [4.69, 9.17) is 0 Å². The maximum Gasteiger partial charge on any atom is 0.250 e. The molecular formula is C15H26N2O2S2. The van der Waals surface area contributed by atoms with Crippen LogP contribution in [0.4, 0.5) is 0 Å². The monoisotopic (exact) mass is 330 g/mol. The first-order chi connectivity index (χ1) is 10.0. The normalized spacial score (nSPS) is 23.9. The van der Waals surface area contributed by atoms with Gasteiger partial charge in [0, 0.05) is 17.5 Å². The van der Waals surface area contributed by atoms with Gasteiger partial charge >= 0.3 is 0 Å². The molecule has 1 aromatic rings. The Hall–Kier alpha value is -0.430. The topological polar surface area (TPSA) is 58.2 Å².